The van der Waals surface area contributed by atoms with E-state index in [9.17, 15) is 0 Å². The number of rotatable bonds is 0. The highest BCUT2D eigenvalue weighted by molar-refractivity contribution is 6.51. The Morgan fingerprint density at radius 1 is 1.15 bits per heavy atom. The number of hydrogen-bond donors (Lipinski definition) is 0. The molecule has 0 bridgehead atoms. The third-order valence-corrected chi connectivity index (χ3v) is 4.52. The molecule has 3 fully saturated rings. The summed E-state index contributed by atoms with van der Waals surface area (Å²) in [7, 11) is 0. The molecule has 0 unspecified atom stereocenters. The van der Waals surface area contributed by atoms with Crippen molar-refractivity contribution in [3.63, 3.8) is 0 Å². The van der Waals surface area contributed by atoms with Gasteiger partial charge in [0.1, 0.15) is 4.33 Å². The van der Waals surface area contributed by atoms with E-state index >= 15 is 0 Å². The number of halogens is 2. The number of hydrogen-bond acceptors (Lipinski definition) is 2. The molecule has 3 rings (SSSR count). The van der Waals surface area contributed by atoms with Gasteiger partial charge in [-0.1, -0.05) is 0 Å². The van der Waals surface area contributed by atoms with Crippen molar-refractivity contribution in [3.8, 4) is 0 Å². The minimum Gasteiger partial charge on any atom is -0.347 e. The molecule has 0 N–H and O–H groups in total. The second kappa shape index (κ2) is 2.54. The first-order valence-corrected chi connectivity index (χ1v) is 5.58. The normalized spacial score (nSPS) is 44.8. The molecular weight excluding hydrogens is 211 g/mol. The summed E-state index contributed by atoms with van der Waals surface area (Å²) in [4.78, 5) is 0. The van der Waals surface area contributed by atoms with Gasteiger partial charge in [0.2, 0.25) is 0 Å². The van der Waals surface area contributed by atoms with Gasteiger partial charge in [-0.15, -0.1) is 23.2 Å². The highest BCUT2D eigenvalue weighted by atomic mass is 35.5. The van der Waals surface area contributed by atoms with Crippen LogP contribution in [0.3, 0.4) is 0 Å². The van der Waals surface area contributed by atoms with Gasteiger partial charge in [-0.05, 0) is 12.8 Å². The maximum Gasteiger partial charge on any atom is 0.174 e. The third kappa shape index (κ3) is 1.03. The molecule has 0 amide bonds. The van der Waals surface area contributed by atoms with Gasteiger partial charge in [-0.3, -0.25) is 0 Å². The standard InChI is InChI=1S/C9H12Cl2O2/c10-9(11)6-2-1-3-8(7(6)9)12-4-5-13-8/h6-7H,1-5H2/t6-,7-/m0/s1. The summed E-state index contributed by atoms with van der Waals surface area (Å²) in [6, 6.07) is 0. The molecule has 0 aromatic carbocycles. The largest absolute Gasteiger partial charge is 0.347 e. The maximum atomic E-state index is 6.19. The van der Waals surface area contributed by atoms with Crippen molar-refractivity contribution in [2.24, 2.45) is 11.8 Å². The van der Waals surface area contributed by atoms with E-state index in [0.717, 1.165) is 19.3 Å². The van der Waals surface area contributed by atoms with E-state index < -0.39 is 10.1 Å². The summed E-state index contributed by atoms with van der Waals surface area (Å²) in [6.45, 7) is 1.38. The van der Waals surface area contributed by atoms with Crippen LogP contribution in [0.15, 0.2) is 0 Å². The van der Waals surface area contributed by atoms with Gasteiger partial charge in [0.05, 0.1) is 19.1 Å². The zero-order chi connectivity index (χ0) is 9.10. The molecule has 0 radical (unpaired) electrons. The number of ether oxygens (including phenoxy) is 2. The van der Waals surface area contributed by atoms with E-state index in [1.54, 1.807) is 0 Å². The second-order valence-corrected chi connectivity index (χ2v) is 5.60. The first-order valence-electron chi connectivity index (χ1n) is 4.82. The van der Waals surface area contributed by atoms with Crippen molar-refractivity contribution in [1.82, 2.24) is 0 Å². The van der Waals surface area contributed by atoms with Crippen LogP contribution in [0.4, 0.5) is 0 Å². The minimum atomic E-state index is -0.582. The Bertz CT molecular complexity index is 236. The average Bonchev–Trinajstić information content (AvgIpc) is 2.48. The summed E-state index contributed by atoms with van der Waals surface area (Å²) >= 11 is 12.4. The lowest BCUT2D eigenvalue weighted by Gasteiger charge is -2.30. The van der Waals surface area contributed by atoms with Crippen molar-refractivity contribution in [2.45, 2.75) is 29.4 Å². The van der Waals surface area contributed by atoms with Crippen molar-refractivity contribution in [2.75, 3.05) is 13.2 Å². The fraction of sp³-hybridized carbons (Fsp3) is 1.00. The molecule has 3 aliphatic rings. The quantitative estimate of drug-likeness (QED) is 0.587. The van der Waals surface area contributed by atoms with Crippen LogP contribution in [0.5, 0.6) is 0 Å². The summed E-state index contributed by atoms with van der Waals surface area (Å²) < 4.78 is 10.8. The van der Waals surface area contributed by atoms with Crippen molar-refractivity contribution in [3.05, 3.63) is 0 Å². The lowest BCUT2D eigenvalue weighted by molar-refractivity contribution is -0.189. The zero-order valence-corrected chi connectivity index (χ0v) is 8.77. The molecule has 2 saturated carbocycles. The first kappa shape index (κ1) is 8.78. The van der Waals surface area contributed by atoms with E-state index in [-0.39, 0.29) is 5.92 Å². The smallest absolute Gasteiger partial charge is 0.174 e. The van der Waals surface area contributed by atoms with Crippen molar-refractivity contribution >= 4 is 23.2 Å². The van der Waals surface area contributed by atoms with Gasteiger partial charge in [-0.25, -0.2) is 0 Å². The summed E-state index contributed by atoms with van der Waals surface area (Å²) in [5.41, 5.74) is 0. The van der Waals surface area contributed by atoms with Crippen LogP contribution in [0.2, 0.25) is 0 Å². The summed E-state index contributed by atoms with van der Waals surface area (Å²) in [5.74, 6) is 0.175. The molecule has 0 aromatic rings. The van der Waals surface area contributed by atoms with Crippen LogP contribution >= 0.6 is 23.2 Å². The van der Waals surface area contributed by atoms with Crippen LogP contribution in [0, 0.1) is 11.8 Å². The van der Waals surface area contributed by atoms with Crippen LogP contribution in [-0.4, -0.2) is 23.3 Å². The fourth-order valence-electron chi connectivity index (χ4n) is 2.87. The second-order valence-electron chi connectivity index (χ2n) is 4.16. The molecule has 0 aromatic heterocycles. The maximum absolute atomic E-state index is 6.19. The first-order chi connectivity index (χ1) is 6.17. The molecule has 13 heavy (non-hydrogen) atoms. The molecule has 1 saturated heterocycles. The van der Waals surface area contributed by atoms with E-state index in [4.69, 9.17) is 32.7 Å². The Labute approximate surface area is 87.5 Å². The van der Waals surface area contributed by atoms with Gasteiger partial charge < -0.3 is 9.47 Å². The zero-order valence-electron chi connectivity index (χ0n) is 7.26. The molecule has 1 spiro atoms. The predicted molar refractivity (Wildman–Crippen MR) is 49.9 cm³/mol. The van der Waals surface area contributed by atoms with Crippen molar-refractivity contribution in [1.29, 1.82) is 0 Å². The third-order valence-electron chi connectivity index (χ3n) is 3.49. The van der Waals surface area contributed by atoms with Gasteiger partial charge in [0.15, 0.2) is 5.79 Å². The summed E-state index contributed by atoms with van der Waals surface area (Å²) in [5, 5.41) is 0. The highest BCUT2D eigenvalue weighted by Gasteiger charge is 2.74. The number of alkyl halides is 2. The lowest BCUT2D eigenvalue weighted by Crippen LogP contribution is -2.36. The molecule has 74 valence electrons. The minimum absolute atomic E-state index is 0.208. The SMILES string of the molecule is ClC1(Cl)[C@H]2CCCC3(OCCO3)[C@H]21. The summed E-state index contributed by atoms with van der Waals surface area (Å²) in [6.07, 6.45) is 3.18. The van der Waals surface area contributed by atoms with Gasteiger partial charge in [-0.2, -0.15) is 0 Å². The van der Waals surface area contributed by atoms with Crippen molar-refractivity contribution < 1.29 is 9.47 Å². The molecule has 2 atom stereocenters. The van der Waals surface area contributed by atoms with Crippen LogP contribution in [0.1, 0.15) is 19.3 Å². The molecule has 1 aliphatic heterocycles. The Balaban J connectivity index is 1.89. The van der Waals surface area contributed by atoms with E-state index in [1.165, 1.54) is 0 Å². The van der Waals surface area contributed by atoms with Gasteiger partial charge in [0.25, 0.3) is 0 Å². The fourth-order valence-corrected chi connectivity index (χ4v) is 3.85. The topological polar surface area (TPSA) is 18.5 Å². The van der Waals surface area contributed by atoms with Gasteiger partial charge >= 0.3 is 0 Å². The van der Waals surface area contributed by atoms with Crippen LogP contribution in [-0.2, 0) is 9.47 Å². The van der Waals surface area contributed by atoms with Gasteiger partial charge in [0, 0.05) is 12.3 Å². The van der Waals surface area contributed by atoms with E-state index in [1.807, 2.05) is 0 Å². The average molecular weight is 223 g/mol. The molecule has 4 heteroatoms. The Hall–Kier alpha value is 0.500. The number of fused-ring (bicyclic) bond motifs is 2. The molecular formula is C9H12Cl2O2. The molecule has 1 heterocycles. The monoisotopic (exact) mass is 222 g/mol. The van der Waals surface area contributed by atoms with Crippen LogP contribution < -0.4 is 0 Å². The Morgan fingerprint density at radius 2 is 1.85 bits per heavy atom. The highest BCUT2D eigenvalue weighted by Crippen LogP contribution is 2.70. The Kier molecular flexibility index (Phi) is 1.72. The Morgan fingerprint density at radius 3 is 2.54 bits per heavy atom. The molecule has 2 nitrogen and oxygen atoms in total. The predicted octanol–water partition coefficient (Wildman–Crippen LogP) is 2.33. The van der Waals surface area contributed by atoms with E-state index in [0.29, 0.717) is 19.1 Å². The van der Waals surface area contributed by atoms with Crippen LogP contribution in [0.25, 0.3) is 0 Å². The lowest BCUT2D eigenvalue weighted by atomic mass is 9.94. The van der Waals surface area contributed by atoms with E-state index in [2.05, 4.69) is 0 Å². The molecule has 2 aliphatic carbocycles.